The Bertz CT molecular complexity index is 655. The van der Waals surface area contributed by atoms with Crippen molar-refractivity contribution in [2.45, 2.75) is 13.5 Å². The van der Waals surface area contributed by atoms with Gasteiger partial charge in [-0.2, -0.15) is 0 Å². The zero-order chi connectivity index (χ0) is 15.4. The summed E-state index contributed by atoms with van der Waals surface area (Å²) >= 11 is 11.8. The molecule has 0 amide bonds. The van der Waals surface area contributed by atoms with Crippen LogP contribution in [0.5, 0.6) is 0 Å². The maximum Gasteiger partial charge on any atom is 0.176 e. The summed E-state index contributed by atoms with van der Waals surface area (Å²) in [4.78, 5) is 14.2. The van der Waals surface area contributed by atoms with Gasteiger partial charge in [-0.1, -0.05) is 47.5 Å². The predicted octanol–water partition coefficient (Wildman–Crippen LogP) is 4.62. The van der Waals surface area contributed by atoms with Gasteiger partial charge in [-0.25, -0.2) is 0 Å². The lowest BCUT2D eigenvalue weighted by Gasteiger charge is -2.17. The predicted molar refractivity (Wildman–Crippen MR) is 88.3 cm³/mol. The molecule has 0 heterocycles. The number of halogens is 2. The van der Waals surface area contributed by atoms with Gasteiger partial charge in [-0.3, -0.25) is 9.69 Å². The van der Waals surface area contributed by atoms with Gasteiger partial charge in [-0.15, -0.1) is 0 Å². The molecule has 2 nitrogen and oxygen atoms in total. The molecule has 4 heteroatoms. The van der Waals surface area contributed by atoms with Crippen molar-refractivity contribution in [3.05, 3.63) is 69.2 Å². The van der Waals surface area contributed by atoms with E-state index in [4.69, 9.17) is 23.2 Å². The smallest absolute Gasteiger partial charge is 0.176 e. The van der Waals surface area contributed by atoms with Crippen LogP contribution in [-0.2, 0) is 6.54 Å². The van der Waals surface area contributed by atoms with Crippen molar-refractivity contribution in [3.63, 3.8) is 0 Å². The van der Waals surface area contributed by atoms with Crippen LogP contribution in [0.25, 0.3) is 0 Å². The highest BCUT2D eigenvalue weighted by Crippen LogP contribution is 2.23. The van der Waals surface area contributed by atoms with Crippen LogP contribution in [0.2, 0.25) is 10.0 Å². The first kappa shape index (κ1) is 16.0. The minimum atomic E-state index is 0.0321. The van der Waals surface area contributed by atoms with Crippen LogP contribution in [0.4, 0.5) is 0 Å². The lowest BCUT2D eigenvalue weighted by atomic mass is 10.1. The van der Waals surface area contributed by atoms with E-state index < -0.39 is 0 Å². The summed E-state index contributed by atoms with van der Waals surface area (Å²) in [5, 5.41) is 0.866. The highest BCUT2D eigenvalue weighted by Gasteiger charge is 2.12. The van der Waals surface area contributed by atoms with Gasteiger partial charge in [0, 0.05) is 12.1 Å². The summed E-state index contributed by atoms with van der Waals surface area (Å²) in [6.45, 7) is 3.15. The molecule has 0 aliphatic rings. The molecule has 0 aromatic heterocycles. The number of aryl methyl sites for hydroxylation is 1. The number of nitrogens with zero attached hydrogens (tertiary/aromatic N) is 1. The number of rotatable bonds is 5. The monoisotopic (exact) mass is 321 g/mol. The van der Waals surface area contributed by atoms with Crippen molar-refractivity contribution in [3.8, 4) is 0 Å². The quantitative estimate of drug-likeness (QED) is 0.749. The van der Waals surface area contributed by atoms with Gasteiger partial charge >= 0.3 is 0 Å². The molecule has 0 aliphatic carbocycles. The molecular weight excluding hydrogens is 305 g/mol. The van der Waals surface area contributed by atoms with E-state index in [2.05, 4.69) is 19.1 Å². The number of Topliss-reactive ketones (excluding diaryl/α,β-unsaturated/α-hetero) is 1. The van der Waals surface area contributed by atoms with E-state index >= 15 is 0 Å². The van der Waals surface area contributed by atoms with E-state index in [0.29, 0.717) is 22.2 Å². The molecule has 0 N–H and O–H groups in total. The summed E-state index contributed by atoms with van der Waals surface area (Å²) in [5.41, 5.74) is 3.04. The van der Waals surface area contributed by atoms with Crippen molar-refractivity contribution in [2.75, 3.05) is 13.6 Å². The Labute approximate surface area is 135 Å². The summed E-state index contributed by atoms with van der Waals surface area (Å²) in [6.07, 6.45) is 0. The Morgan fingerprint density at radius 2 is 1.81 bits per heavy atom. The summed E-state index contributed by atoms with van der Waals surface area (Å²) in [7, 11) is 1.93. The molecule has 0 aliphatic heterocycles. The van der Waals surface area contributed by atoms with E-state index in [1.807, 2.05) is 24.1 Å². The second-order valence-electron chi connectivity index (χ2n) is 5.15. The maximum absolute atomic E-state index is 12.3. The van der Waals surface area contributed by atoms with Crippen LogP contribution in [0, 0.1) is 6.92 Å². The molecule has 0 saturated heterocycles. The van der Waals surface area contributed by atoms with Crippen molar-refractivity contribution in [1.82, 2.24) is 4.90 Å². The fourth-order valence-electron chi connectivity index (χ4n) is 2.14. The van der Waals surface area contributed by atoms with E-state index in [9.17, 15) is 4.79 Å². The average Bonchev–Trinajstić information content (AvgIpc) is 2.44. The molecule has 0 atom stereocenters. The SMILES string of the molecule is Cc1ccccc1CN(C)CC(=O)c1ccc(Cl)c(Cl)c1. The largest absolute Gasteiger partial charge is 0.295 e. The second kappa shape index (κ2) is 7.08. The van der Waals surface area contributed by atoms with Crippen LogP contribution in [0.1, 0.15) is 21.5 Å². The molecule has 110 valence electrons. The van der Waals surface area contributed by atoms with Crippen LogP contribution >= 0.6 is 23.2 Å². The summed E-state index contributed by atoms with van der Waals surface area (Å²) in [6, 6.07) is 13.2. The molecule has 0 fully saturated rings. The average molecular weight is 322 g/mol. The molecular formula is C17H17Cl2NO. The Hall–Kier alpha value is -1.35. The molecule has 2 aromatic carbocycles. The minimum absolute atomic E-state index is 0.0321. The first-order valence-corrected chi connectivity index (χ1v) is 7.44. The molecule has 0 bridgehead atoms. The van der Waals surface area contributed by atoms with Gasteiger partial charge in [0.2, 0.25) is 0 Å². The Kier molecular flexibility index (Phi) is 5.40. The van der Waals surface area contributed by atoms with Crippen molar-refractivity contribution in [2.24, 2.45) is 0 Å². The highest BCUT2D eigenvalue weighted by molar-refractivity contribution is 6.42. The van der Waals surface area contributed by atoms with Gasteiger partial charge in [0.25, 0.3) is 0 Å². The third-order valence-corrected chi connectivity index (χ3v) is 4.10. The third-order valence-electron chi connectivity index (χ3n) is 3.36. The zero-order valence-electron chi connectivity index (χ0n) is 12.1. The molecule has 2 aromatic rings. The number of carbonyl (C=O) groups is 1. The lowest BCUT2D eigenvalue weighted by molar-refractivity contribution is 0.0943. The van der Waals surface area contributed by atoms with Crippen LogP contribution in [0.15, 0.2) is 42.5 Å². The number of carbonyl (C=O) groups excluding carboxylic acids is 1. The zero-order valence-corrected chi connectivity index (χ0v) is 13.6. The molecule has 21 heavy (non-hydrogen) atoms. The number of hydrogen-bond donors (Lipinski definition) is 0. The van der Waals surface area contributed by atoms with Gasteiger partial charge in [0.05, 0.1) is 16.6 Å². The van der Waals surface area contributed by atoms with Crippen molar-refractivity contribution < 1.29 is 4.79 Å². The van der Waals surface area contributed by atoms with Gasteiger partial charge < -0.3 is 0 Å². The van der Waals surface area contributed by atoms with Crippen LogP contribution in [-0.4, -0.2) is 24.3 Å². The summed E-state index contributed by atoms with van der Waals surface area (Å²) < 4.78 is 0. The number of hydrogen-bond acceptors (Lipinski definition) is 2. The van der Waals surface area contributed by atoms with Crippen molar-refractivity contribution in [1.29, 1.82) is 0 Å². The standard InChI is InChI=1S/C17H17Cl2NO/c1-12-5-3-4-6-14(12)10-20(2)11-17(21)13-7-8-15(18)16(19)9-13/h3-9H,10-11H2,1-2H3. The number of likely N-dealkylation sites (N-methyl/N-ethyl adjacent to an activating group) is 1. The lowest BCUT2D eigenvalue weighted by Crippen LogP contribution is -2.26. The Morgan fingerprint density at radius 3 is 2.48 bits per heavy atom. The molecule has 2 rings (SSSR count). The van der Waals surface area contributed by atoms with Crippen LogP contribution in [0.3, 0.4) is 0 Å². The van der Waals surface area contributed by atoms with E-state index in [-0.39, 0.29) is 5.78 Å². The van der Waals surface area contributed by atoms with Gasteiger partial charge in [0.15, 0.2) is 5.78 Å². The highest BCUT2D eigenvalue weighted by atomic mass is 35.5. The Balaban J connectivity index is 2.02. The van der Waals surface area contributed by atoms with Crippen LogP contribution < -0.4 is 0 Å². The first-order chi connectivity index (χ1) is 9.97. The normalized spacial score (nSPS) is 10.9. The van der Waals surface area contributed by atoms with Gasteiger partial charge in [0.1, 0.15) is 0 Å². The molecule has 0 radical (unpaired) electrons. The van der Waals surface area contributed by atoms with Gasteiger partial charge in [-0.05, 0) is 43.3 Å². The first-order valence-electron chi connectivity index (χ1n) is 6.68. The second-order valence-corrected chi connectivity index (χ2v) is 5.97. The number of ketones is 1. The molecule has 0 spiro atoms. The summed E-state index contributed by atoms with van der Waals surface area (Å²) in [5.74, 6) is 0.0321. The molecule has 0 unspecified atom stereocenters. The fraction of sp³-hybridized carbons (Fsp3) is 0.235. The maximum atomic E-state index is 12.3. The third kappa shape index (κ3) is 4.31. The Morgan fingerprint density at radius 1 is 1.10 bits per heavy atom. The minimum Gasteiger partial charge on any atom is -0.295 e. The number of benzene rings is 2. The van der Waals surface area contributed by atoms with E-state index in [1.54, 1.807) is 18.2 Å². The van der Waals surface area contributed by atoms with E-state index in [1.165, 1.54) is 11.1 Å². The molecule has 0 saturated carbocycles. The fourth-order valence-corrected chi connectivity index (χ4v) is 2.44. The topological polar surface area (TPSA) is 20.3 Å². The van der Waals surface area contributed by atoms with E-state index in [0.717, 1.165) is 6.54 Å². The van der Waals surface area contributed by atoms with Crippen molar-refractivity contribution >= 4 is 29.0 Å².